The van der Waals surface area contributed by atoms with Crippen LogP contribution in [0.4, 0.5) is 0 Å². The first-order valence-corrected chi connectivity index (χ1v) is 8.23. The molecular formula is C20H28N2O. The quantitative estimate of drug-likeness (QED) is 0.702. The summed E-state index contributed by atoms with van der Waals surface area (Å²) in [5.41, 5.74) is 8.49. The fourth-order valence-corrected chi connectivity index (χ4v) is 2.72. The van der Waals surface area contributed by atoms with Gasteiger partial charge in [-0.15, -0.1) is 0 Å². The maximum atomic E-state index is 10.3. The van der Waals surface area contributed by atoms with Crippen LogP contribution in [0, 0.1) is 0 Å². The minimum atomic E-state index is -0.565. The Labute approximate surface area is 139 Å². The summed E-state index contributed by atoms with van der Waals surface area (Å²) in [6.07, 6.45) is 1.03. The third-order valence-electron chi connectivity index (χ3n) is 4.09. The van der Waals surface area contributed by atoms with Crippen LogP contribution in [0.5, 0.6) is 0 Å². The van der Waals surface area contributed by atoms with Crippen LogP contribution in [0.2, 0.25) is 0 Å². The summed E-state index contributed by atoms with van der Waals surface area (Å²) in [7, 11) is 0. The van der Waals surface area contributed by atoms with Crippen molar-refractivity contribution in [2.45, 2.75) is 44.4 Å². The van der Waals surface area contributed by atoms with Crippen LogP contribution in [-0.4, -0.2) is 29.3 Å². The first-order valence-electron chi connectivity index (χ1n) is 8.23. The van der Waals surface area contributed by atoms with Crippen LogP contribution >= 0.6 is 0 Å². The molecule has 2 rings (SSSR count). The molecule has 0 saturated carbocycles. The summed E-state index contributed by atoms with van der Waals surface area (Å²) in [6, 6.07) is 20.2. The summed E-state index contributed by atoms with van der Waals surface area (Å²) in [4.78, 5) is 0. The van der Waals surface area contributed by atoms with E-state index in [0.29, 0.717) is 13.0 Å². The van der Waals surface area contributed by atoms with Crippen molar-refractivity contribution in [1.29, 1.82) is 0 Å². The van der Waals surface area contributed by atoms with Crippen molar-refractivity contribution >= 4 is 0 Å². The van der Waals surface area contributed by atoms with E-state index in [4.69, 9.17) is 5.73 Å². The molecule has 3 heteroatoms. The Morgan fingerprint density at radius 3 is 2.04 bits per heavy atom. The molecule has 0 radical (unpaired) electrons. The largest absolute Gasteiger partial charge is 0.390 e. The van der Waals surface area contributed by atoms with Gasteiger partial charge in [-0.2, -0.15) is 0 Å². The zero-order chi connectivity index (χ0) is 16.7. The second-order valence-corrected chi connectivity index (χ2v) is 6.85. The van der Waals surface area contributed by atoms with E-state index < -0.39 is 6.10 Å². The van der Waals surface area contributed by atoms with Gasteiger partial charge in [0, 0.05) is 18.1 Å². The van der Waals surface area contributed by atoms with E-state index >= 15 is 0 Å². The van der Waals surface area contributed by atoms with Crippen LogP contribution in [0.1, 0.15) is 25.0 Å². The molecule has 2 atom stereocenters. The van der Waals surface area contributed by atoms with Gasteiger partial charge in [0.25, 0.3) is 0 Å². The molecule has 2 aromatic carbocycles. The minimum absolute atomic E-state index is 0.0885. The Hall–Kier alpha value is -1.68. The monoisotopic (exact) mass is 312 g/mol. The molecule has 23 heavy (non-hydrogen) atoms. The zero-order valence-electron chi connectivity index (χ0n) is 14.1. The van der Waals surface area contributed by atoms with Gasteiger partial charge in [0.2, 0.25) is 0 Å². The molecule has 0 saturated heterocycles. The summed E-state index contributed by atoms with van der Waals surface area (Å²) in [5.74, 6) is 0. The lowest BCUT2D eigenvalue weighted by Crippen LogP contribution is -2.50. The number of nitrogens with two attached hydrogens (primary N) is 1. The maximum Gasteiger partial charge on any atom is 0.0818 e. The van der Waals surface area contributed by atoms with Crippen molar-refractivity contribution in [2.24, 2.45) is 5.73 Å². The van der Waals surface area contributed by atoms with Gasteiger partial charge in [-0.3, -0.25) is 0 Å². The molecule has 0 aromatic heterocycles. The highest BCUT2D eigenvalue weighted by molar-refractivity contribution is 5.18. The molecular weight excluding hydrogens is 284 g/mol. The number of hydrogen-bond acceptors (Lipinski definition) is 3. The van der Waals surface area contributed by atoms with E-state index in [2.05, 4.69) is 43.4 Å². The first-order chi connectivity index (χ1) is 11.0. The van der Waals surface area contributed by atoms with Gasteiger partial charge in [-0.1, -0.05) is 60.7 Å². The number of aliphatic hydroxyl groups is 1. The molecule has 2 aromatic rings. The van der Waals surface area contributed by atoms with E-state index in [0.717, 1.165) is 12.0 Å². The number of rotatable bonds is 8. The predicted octanol–water partition coefficient (Wildman–Crippen LogP) is 2.53. The van der Waals surface area contributed by atoms with Crippen molar-refractivity contribution in [3.63, 3.8) is 0 Å². The van der Waals surface area contributed by atoms with E-state index in [1.165, 1.54) is 5.56 Å². The molecule has 0 aliphatic carbocycles. The predicted molar refractivity (Wildman–Crippen MR) is 96.4 cm³/mol. The van der Waals surface area contributed by atoms with Gasteiger partial charge < -0.3 is 16.2 Å². The lowest BCUT2D eigenvalue weighted by molar-refractivity contribution is 0.131. The molecule has 0 fully saturated rings. The number of hydrogen-bond donors (Lipinski definition) is 3. The smallest absolute Gasteiger partial charge is 0.0818 e. The van der Waals surface area contributed by atoms with Crippen molar-refractivity contribution in [1.82, 2.24) is 5.32 Å². The third kappa shape index (κ3) is 6.14. The van der Waals surface area contributed by atoms with E-state index in [9.17, 15) is 5.11 Å². The number of β-amino-alcohol motifs (C(OH)–C–C–N with tert-alkyl or cyclic N) is 1. The highest BCUT2D eigenvalue weighted by Gasteiger charge is 2.21. The normalized spacial score (nSPS) is 14.4. The SMILES string of the molecule is CC(C)(Cc1ccccc1)NC[C@@H](O)[C@@H](N)Cc1ccccc1. The van der Waals surface area contributed by atoms with Gasteiger partial charge in [0.1, 0.15) is 0 Å². The highest BCUT2D eigenvalue weighted by atomic mass is 16.3. The van der Waals surface area contributed by atoms with Crippen LogP contribution in [0.3, 0.4) is 0 Å². The maximum absolute atomic E-state index is 10.3. The summed E-state index contributed by atoms with van der Waals surface area (Å²) < 4.78 is 0. The average molecular weight is 312 g/mol. The molecule has 0 bridgehead atoms. The van der Waals surface area contributed by atoms with E-state index in [1.807, 2.05) is 36.4 Å². The van der Waals surface area contributed by atoms with Crippen molar-refractivity contribution in [3.05, 3.63) is 71.8 Å². The fraction of sp³-hybridized carbons (Fsp3) is 0.400. The average Bonchev–Trinajstić information content (AvgIpc) is 2.54. The van der Waals surface area contributed by atoms with Crippen LogP contribution < -0.4 is 11.1 Å². The molecule has 0 aliphatic heterocycles. The van der Waals surface area contributed by atoms with E-state index in [1.54, 1.807) is 0 Å². The van der Waals surface area contributed by atoms with Crippen molar-refractivity contribution in [3.8, 4) is 0 Å². The summed E-state index contributed by atoms with van der Waals surface area (Å²) in [5, 5.41) is 13.8. The van der Waals surface area contributed by atoms with E-state index in [-0.39, 0.29) is 11.6 Å². The Morgan fingerprint density at radius 2 is 1.48 bits per heavy atom. The summed E-state index contributed by atoms with van der Waals surface area (Å²) in [6.45, 7) is 4.79. The van der Waals surface area contributed by atoms with Crippen LogP contribution in [-0.2, 0) is 12.8 Å². The van der Waals surface area contributed by atoms with Gasteiger partial charge in [0.05, 0.1) is 6.10 Å². The van der Waals surface area contributed by atoms with Crippen molar-refractivity contribution < 1.29 is 5.11 Å². The first kappa shape index (κ1) is 17.7. The Kier molecular flexibility index (Phi) is 6.34. The van der Waals surface area contributed by atoms with Gasteiger partial charge in [-0.25, -0.2) is 0 Å². The zero-order valence-corrected chi connectivity index (χ0v) is 14.1. The van der Waals surface area contributed by atoms with Gasteiger partial charge in [-0.05, 0) is 37.8 Å². The fourth-order valence-electron chi connectivity index (χ4n) is 2.72. The Morgan fingerprint density at radius 1 is 0.957 bits per heavy atom. The summed E-state index contributed by atoms with van der Waals surface area (Å²) >= 11 is 0. The highest BCUT2D eigenvalue weighted by Crippen LogP contribution is 2.13. The second-order valence-electron chi connectivity index (χ2n) is 6.85. The number of aliphatic hydroxyl groups excluding tert-OH is 1. The Balaban J connectivity index is 1.81. The molecule has 124 valence electrons. The van der Waals surface area contributed by atoms with Crippen LogP contribution in [0.15, 0.2) is 60.7 Å². The lowest BCUT2D eigenvalue weighted by atomic mass is 9.94. The van der Waals surface area contributed by atoms with Gasteiger partial charge in [0.15, 0.2) is 0 Å². The number of nitrogens with one attached hydrogen (secondary N) is 1. The molecule has 0 heterocycles. The molecule has 3 nitrogen and oxygen atoms in total. The molecule has 0 unspecified atom stereocenters. The topological polar surface area (TPSA) is 58.3 Å². The second kappa shape index (κ2) is 8.25. The standard InChI is InChI=1S/C20H28N2O/c1-20(2,14-17-11-7-4-8-12-17)22-15-19(23)18(21)13-16-9-5-3-6-10-16/h3-12,18-19,22-23H,13-15,21H2,1-2H3/t18-,19+/m0/s1. The Bertz CT molecular complexity index is 569. The molecule has 0 spiro atoms. The van der Waals surface area contributed by atoms with Gasteiger partial charge >= 0.3 is 0 Å². The third-order valence-corrected chi connectivity index (χ3v) is 4.09. The lowest BCUT2D eigenvalue weighted by Gasteiger charge is -2.29. The molecule has 4 N–H and O–H groups in total. The minimum Gasteiger partial charge on any atom is -0.390 e. The van der Waals surface area contributed by atoms with Crippen molar-refractivity contribution in [2.75, 3.05) is 6.54 Å². The number of benzene rings is 2. The molecule has 0 amide bonds. The van der Waals surface area contributed by atoms with Crippen LogP contribution in [0.25, 0.3) is 0 Å². The molecule has 0 aliphatic rings.